The Morgan fingerprint density at radius 1 is 0.903 bits per heavy atom. The molecule has 0 spiro atoms. The van der Waals surface area contributed by atoms with Crippen molar-refractivity contribution >= 4 is 40.3 Å². The van der Waals surface area contributed by atoms with Crippen LogP contribution in [-0.2, 0) is 9.59 Å². The van der Waals surface area contributed by atoms with Gasteiger partial charge in [0.25, 0.3) is 11.6 Å². The lowest BCUT2D eigenvalue weighted by Gasteiger charge is -2.24. The summed E-state index contributed by atoms with van der Waals surface area (Å²) in [5, 5.41) is 13.6. The molecule has 0 fully saturated rings. The van der Waals surface area contributed by atoms with Crippen molar-refractivity contribution in [3.8, 4) is 0 Å². The van der Waals surface area contributed by atoms with Gasteiger partial charge in [-0.05, 0) is 49.4 Å². The van der Waals surface area contributed by atoms with Crippen molar-refractivity contribution in [2.75, 3.05) is 10.2 Å². The Balaban J connectivity index is 1.98. The number of hydrogen-bond acceptors (Lipinski definition) is 5. The third-order valence-corrected chi connectivity index (χ3v) is 4.34. The van der Waals surface area contributed by atoms with Gasteiger partial charge in [-0.2, -0.15) is 0 Å². The van der Waals surface area contributed by atoms with Gasteiger partial charge in [-0.1, -0.05) is 24.3 Å². The number of para-hydroxylation sites is 1. The number of nitro benzene ring substituents is 1. The maximum atomic E-state index is 13.3. The first kappa shape index (κ1) is 21.4. The van der Waals surface area contributed by atoms with Gasteiger partial charge < -0.3 is 5.32 Å². The normalized spacial score (nSPS) is 10.2. The first-order chi connectivity index (χ1) is 14.8. The highest BCUT2D eigenvalue weighted by atomic mass is 16.6. The van der Waals surface area contributed by atoms with Crippen molar-refractivity contribution in [1.82, 2.24) is 0 Å². The van der Waals surface area contributed by atoms with Crippen LogP contribution in [0.4, 0.5) is 22.7 Å². The van der Waals surface area contributed by atoms with Crippen LogP contribution in [0.2, 0.25) is 0 Å². The summed E-state index contributed by atoms with van der Waals surface area (Å²) in [7, 11) is 0. The fraction of sp³-hybridized carbons (Fsp3) is 0.0870. The molecule has 0 radical (unpaired) electrons. The van der Waals surface area contributed by atoms with E-state index in [9.17, 15) is 24.5 Å². The Labute approximate surface area is 178 Å². The Hall–Kier alpha value is -4.33. The lowest BCUT2D eigenvalue weighted by Crippen LogP contribution is -2.26. The molecule has 0 saturated heterocycles. The van der Waals surface area contributed by atoms with Crippen molar-refractivity contribution in [3.63, 3.8) is 0 Å². The van der Waals surface area contributed by atoms with Crippen molar-refractivity contribution in [2.45, 2.75) is 13.3 Å². The molecule has 1 N–H and O–H groups in total. The molecule has 0 unspecified atom stereocenters. The minimum Gasteiger partial charge on any atom is -0.326 e. The van der Waals surface area contributed by atoms with E-state index in [1.165, 1.54) is 36.1 Å². The summed E-state index contributed by atoms with van der Waals surface area (Å²) in [5.74, 6) is -1.10. The number of Topliss-reactive ketones (excluding diaryl/α,β-unsaturated/α-hetero) is 1. The molecular weight excluding hydrogens is 398 g/mol. The number of nitrogens with one attached hydrogen (secondary N) is 1. The Bertz CT molecular complexity index is 1130. The number of anilines is 3. The molecule has 0 bridgehead atoms. The molecule has 3 aromatic carbocycles. The molecule has 0 aromatic heterocycles. The van der Waals surface area contributed by atoms with Crippen LogP contribution in [0.3, 0.4) is 0 Å². The number of nitro groups is 1. The highest BCUT2D eigenvalue weighted by Gasteiger charge is 2.21. The van der Waals surface area contributed by atoms with Gasteiger partial charge >= 0.3 is 0 Å². The summed E-state index contributed by atoms with van der Waals surface area (Å²) in [4.78, 5) is 48.3. The monoisotopic (exact) mass is 417 g/mol. The number of nitrogens with zero attached hydrogens (tertiary/aromatic N) is 2. The molecule has 156 valence electrons. The molecule has 0 saturated carbocycles. The average molecular weight is 417 g/mol. The smallest absolute Gasteiger partial charge is 0.269 e. The highest BCUT2D eigenvalue weighted by Crippen LogP contribution is 2.30. The summed E-state index contributed by atoms with van der Waals surface area (Å²) in [5.41, 5.74) is 1.65. The van der Waals surface area contributed by atoms with E-state index in [0.29, 0.717) is 17.1 Å². The highest BCUT2D eigenvalue weighted by molar-refractivity contribution is 6.11. The fourth-order valence-electron chi connectivity index (χ4n) is 2.97. The van der Waals surface area contributed by atoms with E-state index in [4.69, 9.17) is 0 Å². The zero-order valence-corrected chi connectivity index (χ0v) is 16.6. The van der Waals surface area contributed by atoms with Crippen molar-refractivity contribution in [1.29, 1.82) is 0 Å². The SMILES string of the molecule is CC(=O)CC(=O)Nc1cccc(N(C(=O)c2ccc([N+](=O)[O-])cc2)c2ccccc2)c1. The Morgan fingerprint density at radius 2 is 1.55 bits per heavy atom. The molecular formula is C23H19N3O5. The van der Waals surface area contributed by atoms with Crippen LogP contribution in [0.1, 0.15) is 23.7 Å². The lowest BCUT2D eigenvalue weighted by molar-refractivity contribution is -0.384. The average Bonchev–Trinajstić information content (AvgIpc) is 2.74. The number of rotatable bonds is 7. The first-order valence-corrected chi connectivity index (χ1v) is 9.38. The fourth-order valence-corrected chi connectivity index (χ4v) is 2.97. The van der Waals surface area contributed by atoms with Crippen molar-refractivity contribution in [3.05, 3.63) is 94.5 Å². The predicted molar refractivity (Wildman–Crippen MR) is 116 cm³/mol. The van der Waals surface area contributed by atoms with E-state index in [-0.39, 0.29) is 23.5 Å². The van der Waals surface area contributed by atoms with E-state index in [0.717, 1.165) is 0 Å². The molecule has 2 amide bonds. The molecule has 0 aliphatic rings. The van der Waals surface area contributed by atoms with Gasteiger partial charge in [0.05, 0.1) is 17.0 Å². The first-order valence-electron chi connectivity index (χ1n) is 9.38. The van der Waals surface area contributed by atoms with Crippen LogP contribution < -0.4 is 10.2 Å². The molecule has 8 heteroatoms. The second-order valence-corrected chi connectivity index (χ2v) is 6.76. The molecule has 0 heterocycles. The van der Waals surface area contributed by atoms with Gasteiger partial charge in [0.15, 0.2) is 0 Å². The maximum Gasteiger partial charge on any atom is 0.269 e. The summed E-state index contributed by atoms with van der Waals surface area (Å²) < 4.78 is 0. The predicted octanol–water partition coefficient (Wildman–Crippen LogP) is 4.49. The molecule has 3 rings (SSSR count). The van der Waals surface area contributed by atoms with E-state index in [1.807, 2.05) is 6.07 Å². The Kier molecular flexibility index (Phi) is 6.51. The van der Waals surface area contributed by atoms with E-state index < -0.39 is 16.7 Å². The van der Waals surface area contributed by atoms with E-state index in [2.05, 4.69) is 5.32 Å². The number of amides is 2. The van der Waals surface area contributed by atoms with Crippen LogP contribution in [0.25, 0.3) is 0 Å². The molecule has 8 nitrogen and oxygen atoms in total. The van der Waals surface area contributed by atoms with Gasteiger partial charge in [-0.25, -0.2) is 0 Å². The zero-order valence-electron chi connectivity index (χ0n) is 16.6. The van der Waals surface area contributed by atoms with Crippen LogP contribution in [0, 0.1) is 10.1 Å². The maximum absolute atomic E-state index is 13.3. The van der Waals surface area contributed by atoms with Gasteiger partial charge in [0.1, 0.15) is 5.78 Å². The second-order valence-electron chi connectivity index (χ2n) is 6.76. The third kappa shape index (κ3) is 5.39. The molecule has 31 heavy (non-hydrogen) atoms. The number of non-ortho nitro benzene ring substituents is 1. The minimum absolute atomic E-state index is 0.113. The zero-order chi connectivity index (χ0) is 22.4. The van der Waals surface area contributed by atoms with Crippen LogP contribution in [-0.4, -0.2) is 22.5 Å². The van der Waals surface area contributed by atoms with Crippen molar-refractivity contribution < 1.29 is 19.3 Å². The number of ketones is 1. The third-order valence-electron chi connectivity index (χ3n) is 4.34. The van der Waals surface area contributed by atoms with Crippen molar-refractivity contribution in [2.24, 2.45) is 0 Å². The summed E-state index contributed by atoms with van der Waals surface area (Å²) >= 11 is 0. The molecule has 0 atom stereocenters. The standard InChI is InChI=1S/C23H19N3O5/c1-16(27)14-22(28)24-18-6-5-9-21(15-18)25(19-7-3-2-4-8-19)23(29)17-10-12-20(13-11-17)26(30)31/h2-13,15H,14H2,1H3,(H,24,28). The molecule has 0 aliphatic carbocycles. The van der Waals surface area contributed by atoms with Crippen LogP contribution in [0.5, 0.6) is 0 Å². The number of carbonyl (C=O) groups is 3. The van der Waals surface area contributed by atoms with Gasteiger partial charge in [-0.3, -0.25) is 29.4 Å². The number of hydrogen-bond donors (Lipinski definition) is 1. The topological polar surface area (TPSA) is 110 Å². The summed E-state index contributed by atoms with van der Waals surface area (Å²) in [6.45, 7) is 1.33. The van der Waals surface area contributed by atoms with E-state index in [1.54, 1.807) is 48.5 Å². The van der Waals surface area contributed by atoms with E-state index >= 15 is 0 Å². The van der Waals surface area contributed by atoms with Crippen LogP contribution >= 0.6 is 0 Å². The molecule has 3 aromatic rings. The van der Waals surface area contributed by atoms with Gasteiger partial charge in [-0.15, -0.1) is 0 Å². The second kappa shape index (κ2) is 9.45. The quantitative estimate of drug-likeness (QED) is 0.346. The van der Waals surface area contributed by atoms with Crippen LogP contribution in [0.15, 0.2) is 78.9 Å². The lowest BCUT2D eigenvalue weighted by atomic mass is 10.1. The van der Waals surface area contributed by atoms with Gasteiger partial charge in [0, 0.05) is 29.1 Å². The summed E-state index contributed by atoms with van der Waals surface area (Å²) in [6.07, 6.45) is -0.242. The summed E-state index contributed by atoms with van der Waals surface area (Å²) in [6, 6.07) is 20.9. The number of carbonyl (C=O) groups excluding carboxylic acids is 3. The minimum atomic E-state index is -0.531. The Morgan fingerprint density at radius 3 is 2.16 bits per heavy atom. The molecule has 0 aliphatic heterocycles. The van der Waals surface area contributed by atoms with Gasteiger partial charge in [0.2, 0.25) is 5.91 Å². The largest absolute Gasteiger partial charge is 0.326 e. The number of benzene rings is 3.